The van der Waals surface area contributed by atoms with Crippen molar-refractivity contribution in [3.05, 3.63) is 119 Å². The fourth-order valence-corrected chi connectivity index (χ4v) is 5.19. The number of hydrogen-bond donors (Lipinski definition) is 3. The van der Waals surface area contributed by atoms with E-state index in [4.69, 9.17) is 0 Å². The number of hydrogen-bond acceptors (Lipinski definition) is 4. The van der Waals surface area contributed by atoms with Gasteiger partial charge in [-0.05, 0) is 73.6 Å². The summed E-state index contributed by atoms with van der Waals surface area (Å²) >= 11 is 0. The summed E-state index contributed by atoms with van der Waals surface area (Å²) in [6.07, 6.45) is 4.31. The van der Waals surface area contributed by atoms with E-state index >= 15 is 0 Å². The predicted molar refractivity (Wildman–Crippen MR) is 153 cm³/mol. The molecule has 2 atom stereocenters. The van der Waals surface area contributed by atoms with Crippen LogP contribution in [0.5, 0.6) is 0 Å². The number of rotatable bonds is 9. The molecule has 43 heavy (non-hydrogen) atoms. The van der Waals surface area contributed by atoms with Gasteiger partial charge in [0, 0.05) is 24.8 Å². The maximum Gasteiger partial charge on any atom is 0.247 e. The van der Waals surface area contributed by atoms with Crippen molar-refractivity contribution in [3.8, 4) is 0 Å². The van der Waals surface area contributed by atoms with Gasteiger partial charge in [-0.3, -0.25) is 14.9 Å². The van der Waals surface area contributed by atoms with Gasteiger partial charge in [-0.1, -0.05) is 36.4 Å². The van der Waals surface area contributed by atoms with Gasteiger partial charge < -0.3 is 15.2 Å². The van der Waals surface area contributed by atoms with Crippen LogP contribution in [-0.2, 0) is 34.5 Å². The monoisotopic (exact) mass is 593 g/mol. The van der Waals surface area contributed by atoms with Crippen molar-refractivity contribution in [1.82, 2.24) is 20.2 Å². The molecule has 0 saturated carbocycles. The molecule has 11 heteroatoms. The first-order valence-electron chi connectivity index (χ1n) is 13.9. The molecule has 0 radical (unpaired) electrons. The standard InChI is InChI=1S/C32H31F4N5O2/c1-32(2,31(43)37-16-19-8-11-25(34)27(36)12-19)41-17-28(38-18-41)40-30(42)29(20-6-4-3-5-7-20)39-23-10-9-21-13-22(33)14-26(35)24(21)15-23/h3-8,11-14,17-18,23,29,39H,9-10,15-16H2,1-2H3,(H,37,43)(H,40,42)/t23?,29-/m0/s1. The van der Waals surface area contributed by atoms with E-state index in [-0.39, 0.29) is 18.4 Å². The summed E-state index contributed by atoms with van der Waals surface area (Å²) in [7, 11) is 0. The SMILES string of the molecule is CC(C)(C(=O)NCc1ccc(F)c(F)c1)n1cnc(NC(=O)[C@@H](NC2CCc3cc(F)cc(F)c3C2)c2ccccc2)c1. The molecule has 2 amide bonds. The number of nitrogens with zero attached hydrogens (tertiary/aromatic N) is 2. The fraction of sp³-hybridized carbons (Fsp3) is 0.281. The number of fused-ring (bicyclic) bond motifs is 1. The number of carbonyl (C=O) groups excluding carboxylic acids is 2. The number of imidazole rings is 1. The first-order chi connectivity index (χ1) is 20.5. The molecule has 3 N–H and O–H groups in total. The molecule has 1 aliphatic rings. The molecule has 3 aromatic carbocycles. The molecule has 1 aliphatic carbocycles. The minimum Gasteiger partial charge on any atom is -0.350 e. The number of carbonyl (C=O) groups is 2. The summed E-state index contributed by atoms with van der Waals surface area (Å²) in [5.41, 5.74) is 1.05. The second-order valence-electron chi connectivity index (χ2n) is 11.1. The van der Waals surface area contributed by atoms with Gasteiger partial charge in [0.25, 0.3) is 0 Å². The van der Waals surface area contributed by atoms with Gasteiger partial charge in [0.15, 0.2) is 17.5 Å². The smallest absolute Gasteiger partial charge is 0.247 e. The molecule has 0 spiro atoms. The maximum atomic E-state index is 14.5. The molecular weight excluding hydrogens is 562 g/mol. The van der Waals surface area contributed by atoms with E-state index in [0.717, 1.165) is 18.2 Å². The number of aromatic nitrogens is 2. The van der Waals surface area contributed by atoms with Crippen LogP contribution in [0.25, 0.3) is 0 Å². The lowest BCUT2D eigenvalue weighted by molar-refractivity contribution is -0.128. The van der Waals surface area contributed by atoms with Crippen molar-refractivity contribution >= 4 is 17.6 Å². The summed E-state index contributed by atoms with van der Waals surface area (Å²) in [4.78, 5) is 30.8. The number of nitrogens with one attached hydrogen (secondary N) is 3. The minimum absolute atomic E-state index is 0.00728. The van der Waals surface area contributed by atoms with Crippen molar-refractivity contribution in [2.45, 2.75) is 57.3 Å². The third-order valence-corrected chi connectivity index (χ3v) is 7.73. The largest absolute Gasteiger partial charge is 0.350 e. The summed E-state index contributed by atoms with van der Waals surface area (Å²) in [6.45, 7) is 3.30. The summed E-state index contributed by atoms with van der Waals surface area (Å²) in [6, 6.07) is 13.7. The zero-order valence-corrected chi connectivity index (χ0v) is 23.6. The third kappa shape index (κ3) is 6.77. The molecule has 0 saturated heterocycles. The van der Waals surface area contributed by atoms with Gasteiger partial charge in [-0.15, -0.1) is 0 Å². The van der Waals surface area contributed by atoms with Crippen LogP contribution in [0.4, 0.5) is 23.4 Å². The van der Waals surface area contributed by atoms with Crippen LogP contribution < -0.4 is 16.0 Å². The first-order valence-corrected chi connectivity index (χ1v) is 13.9. The highest BCUT2D eigenvalue weighted by atomic mass is 19.2. The van der Waals surface area contributed by atoms with Gasteiger partial charge in [-0.2, -0.15) is 0 Å². The van der Waals surface area contributed by atoms with Crippen molar-refractivity contribution in [2.24, 2.45) is 0 Å². The lowest BCUT2D eigenvalue weighted by atomic mass is 9.87. The van der Waals surface area contributed by atoms with E-state index in [9.17, 15) is 27.2 Å². The Morgan fingerprint density at radius 2 is 1.77 bits per heavy atom. The van der Waals surface area contributed by atoms with Gasteiger partial charge in [0.2, 0.25) is 11.8 Å². The molecule has 1 heterocycles. The van der Waals surface area contributed by atoms with Gasteiger partial charge in [-0.25, -0.2) is 22.5 Å². The quantitative estimate of drug-likeness (QED) is 0.230. The zero-order chi connectivity index (χ0) is 30.7. The fourth-order valence-electron chi connectivity index (χ4n) is 5.19. The molecular formula is C32H31F4N5O2. The lowest BCUT2D eigenvalue weighted by Gasteiger charge is -2.30. The highest BCUT2D eigenvalue weighted by Gasteiger charge is 2.31. The van der Waals surface area contributed by atoms with E-state index in [1.807, 2.05) is 30.3 Å². The van der Waals surface area contributed by atoms with Crippen molar-refractivity contribution in [1.29, 1.82) is 0 Å². The molecule has 0 bridgehead atoms. The van der Waals surface area contributed by atoms with E-state index in [2.05, 4.69) is 20.9 Å². The molecule has 1 unspecified atom stereocenters. The second-order valence-corrected chi connectivity index (χ2v) is 11.1. The summed E-state index contributed by atoms with van der Waals surface area (Å²) < 4.78 is 56.5. The number of halogens is 4. The van der Waals surface area contributed by atoms with Crippen LogP contribution in [0.3, 0.4) is 0 Å². The zero-order valence-electron chi connectivity index (χ0n) is 23.6. The number of anilines is 1. The van der Waals surface area contributed by atoms with Gasteiger partial charge in [0.1, 0.15) is 23.2 Å². The van der Waals surface area contributed by atoms with Crippen LogP contribution in [0.2, 0.25) is 0 Å². The highest BCUT2D eigenvalue weighted by molar-refractivity contribution is 5.95. The molecule has 0 fully saturated rings. The van der Waals surface area contributed by atoms with Gasteiger partial charge in [0.05, 0.1) is 6.33 Å². The van der Waals surface area contributed by atoms with E-state index in [1.54, 1.807) is 13.8 Å². The molecule has 0 aliphatic heterocycles. The van der Waals surface area contributed by atoms with Crippen LogP contribution in [0.15, 0.2) is 73.2 Å². The minimum atomic E-state index is -1.13. The Hall–Kier alpha value is -4.51. The highest BCUT2D eigenvalue weighted by Crippen LogP contribution is 2.28. The third-order valence-electron chi connectivity index (χ3n) is 7.73. The Balaban J connectivity index is 1.27. The first kappa shape index (κ1) is 30.0. The number of amides is 2. The number of aryl methyl sites for hydroxylation is 1. The molecule has 4 aromatic rings. The van der Waals surface area contributed by atoms with Crippen LogP contribution >= 0.6 is 0 Å². The Morgan fingerprint density at radius 3 is 2.51 bits per heavy atom. The average Bonchev–Trinajstić information content (AvgIpc) is 3.46. The Kier molecular flexibility index (Phi) is 8.63. The lowest BCUT2D eigenvalue weighted by Crippen LogP contribution is -2.43. The molecule has 1 aromatic heterocycles. The molecule has 7 nitrogen and oxygen atoms in total. The summed E-state index contributed by atoms with van der Waals surface area (Å²) in [5.74, 6) is -3.76. The maximum absolute atomic E-state index is 14.5. The molecule has 5 rings (SSSR count). The summed E-state index contributed by atoms with van der Waals surface area (Å²) in [5, 5.41) is 8.86. The van der Waals surface area contributed by atoms with Crippen molar-refractivity contribution in [2.75, 3.05) is 5.32 Å². The van der Waals surface area contributed by atoms with E-state index in [0.29, 0.717) is 41.5 Å². The normalized spacial score (nSPS) is 15.4. The van der Waals surface area contributed by atoms with E-state index in [1.165, 1.54) is 29.2 Å². The Morgan fingerprint density at radius 1 is 1.00 bits per heavy atom. The number of benzene rings is 3. The topological polar surface area (TPSA) is 88.1 Å². The second kappa shape index (κ2) is 12.4. The molecule has 224 valence electrons. The van der Waals surface area contributed by atoms with Gasteiger partial charge >= 0.3 is 0 Å². The van der Waals surface area contributed by atoms with Crippen LogP contribution in [0.1, 0.15) is 48.6 Å². The Bertz CT molecular complexity index is 1640. The average molecular weight is 594 g/mol. The van der Waals surface area contributed by atoms with Crippen LogP contribution in [0, 0.1) is 23.3 Å². The van der Waals surface area contributed by atoms with Crippen molar-refractivity contribution in [3.63, 3.8) is 0 Å². The van der Waals surface area contributed by atoms with Crippen molar-refractivity contribution < 1.29 is 27.2 Å². The predicted octanol–water partition coefficient (Wildman–Crippen LogP) is 5.32. The van der Waals surface area contributed by atoms with Crippen LogP contribution in [-0.4, -0.2) is 27.4 Å². The van der Waals surface area contributed by atoms with E-state index < -0.39 is 46.7 Å². The Labute approximate surface area is 246 Å².